The number of nitrogens with zero attached hydrogens (tertiary/aromatic N) is 1. The molecular formula is C15H32N2. The van der Waals surface area contributed by atoms with E-state index in [1.54, 1.807) is 0 Å². The minimum Gasteiger partial charge on any atom is -0.330 e. The lowest BCUT2D eigenvalue weighted by atomic mass is 9.94. The van der Waals surface area contributed by atoms with E-state index in [0.717, 1.165) is 12.5 Å². The molecule has 2 N–H and O–H groups in total. The fourth-order valence-corrected chi connectivity index (χ4v) is 3.04. The highest BCUT2D eigenvalue weighted by Gasteiger charge is 2.10. The predicted molar refractivity (Wildman–Crippen MR) is 76.2 cm³/mol. The van der Waals surface area contributed by atoms with Crippen molar-refractivity contribution in [3.8, 4) is 0 Å². The lowest BCUT2D eigenvalue weighted by Crippen LogP contribution is -2.26. The molecule has 1 aliphatic heterocycles. The van der Waals surface area contributed by atoms with Gasteiger partial charge in [-0.2, -0.15) is 0 Å². The second kappa shape index (κ2) is 9.90. The molecule has 0 aromatic heterocycles. The van der Waals surface area contributed by atoms with Gasteiger partial charge < -0.3 is 10.6 Å². The molecule has 17 heavy (non-hydrogen) atoms. The van der Waals surface area contributed by atoms with E-state index < -0.39 is 0 Å². The van der Waals surface area contributed by atoms with Gasteiger partial charge in [0.2, 0.25) is 0 Å². The van der Waals surface area contributed by atoms with Gasteiger partial charge in [0, 0.05) is 0 Å². The second-order valence-electron chi connectivity index (χ2n) is 5.63. The first-order valence-corrected chi connectivity index (χ1v) is 7.79. The van der Waals surface area contributed by atoms with Gasteiger partial charge >= 0.3 is 0 Å². The number of nitrogens with two attached hydrogens (primary N) is 1. The molecule has 2 nitrogen and oxygen atoms in total. The summed E-state index contributed by atoms with van der Waals surface area (Å²) in [5.41, 5.74) is 5.68. The average Bonchev–Trinajstić information content (AvgIpc) is 2.58. The Hall–Kier alpha value is -0.0800. The lowest BCUT2D eigenvalue weighted by molar-refractivity contribution is 0.266. The smallest absolute Gasteiger partial charge is 0.00186 e. The highest BCUT2D eigenvalue weighted by molar-refractivity contribution is 4.66. The fourth-order valence-electron chi connectivity index (χ4n) is 3.04. The Bertz CT molecular complexity index is 154. The van der Waals surface area contributed by atoms with Gasteiger partial charge in [0.05, 0.1) is 0 Å². The van der Waals surface area contributed by atoms with Crippen molar-refractivity contribution in [2.45, 2.75) is 64.7 Å². The minimum atomic E-state index is 0.869. The van der Waals surface area contributed by atoms with Crippen molar-refractivity contribution in [2.75, 3.05) is 26.2 Å². The van der Waals surface area contributed by atoms with Crippen LogP contribution in [0.3, 0.4) is 0 Å². The van der Waals surface area contributed by atoms with Crippen molar-refractivity contribution in [1.82, 2.24) is 4.90 Å². The van der Waals surface area contributed by atoms with Crippen molar-refractivity contribution >= 4 is 0 Å². The van der Waals surface area contributed by atoms with E-state index in [1.165, 1.54) is 77.4 Å². The predicted octanol–water partition coefficient (Wildman–Crippen LogP) is 3.41. The molecule has 0 spiro atoms. The first-order valence-electron chi connectivity index (χ1n) is 7.79. The van der Waals surface area contributed by atoms with E-state index in [4.69, 9.17) is 5.73 Å². The summed E-state index contributed by atoms with van der Waals surface area (Å²) in [4.78, 5) is 2.68. The quantitative estimate of drug-likeness (QED) is 0.704. The third-order valence-electron chi connectivity index (χ3n) is 4.06. The Morgan fingerprint density at radius 3 is 2.29 bits per heavy atom. The van der Waals surface area contributed by atoms with Gasteiger partial charge in [0.1, 0.15) is 0 Å². The SMILES string of the molecule is CCCC(CCN)CCCN1CCCCCC1. The molecular weight excluding hydrogens is 208 g/mol. The molecule has 1 fully saturated rings. The molecule has 1 rings (SSSR count). The van der Waals surface area contributed by atoms with E-state index in [9.17, 15) is 0 Å². The molecule has 0 amide bonds. The van der Waals surface area contributed by atoms with Crippen LogP contribution in [0.25, 0.3) is 0 Å². The maximum Gasteiger partial charge on any atom is -0.00186 e. The molecule has 102 valence electrons. The van der Waals surface area contributed by atoms with Crippen molar-refractivity contribution < 1.29 is 0 Å². The van der Waals surface area contributed by atoms with E-state index in [0.29, 0.717) is 0 Å². The summed E-state index contributed by atoms with van der Waals surface area (Å²) < 4.78 is 0. The maximum atomic E-state index is 5.68. The molecule has 0 aromatic rings. The fraction of sp³-hybridized carbons (Fsp3) is 1.00. The Morgan fingerprint density at radius 2 is 1.71 bits per heavy atom. The third kappa shape index (κ3) is 7.05. The highest BCUT2D eigenvalue weighted by atomic mass is 15.1. The summed E-state index contributed by atoms with van der Waals surface area (Å²) in [5.74, 6) is 0.886. The van der Waals surface area contributed by atoms with E-state index in [-0.39, 0.29) is 0 Å². The highest BCUT2D eigenvalue weighted by Crippen LogP contribution is 2.18. The van der Waals surface area contributed by atoms with E-state index in [1.807, 2.05) is 0 Å². The molecule has 1 aliphatic rings. The van der Waals surface area contributed by atoms with Gasteiger partial charge in [-0.1, -0.05) is 32.6 Å². The van der Waals surface area contributed by atoms with Crippen molar-refractivity contribution in [3.63, 3.8) is 0 Å². The summed E-state index contributed by atoms with van der Waals surface area (Å²) in [6.07, 6.45) is 12.4. The zero-order valence-electron chi connectivity index (χ0n) is 11.8. The van der Waals surface area contributed by atoms with E-state index >= 15 is 0 Å². The molecule has 2 heteroatoms. The molecule has 0 saturated carbocycles. The summed E-state index contributed by atoms with van der Waals surface area (Å²) in [7, 11) is 0. The Labute approximate surface area is 108 Å². The van der Waals surface area contributed by atoms with Crippen molar-refractivity contribution in [1.29, 1.82) is 0 Å². The number of hydrogen-bond acceptors (Lipinski definition) is 2. The van der Waals surface area contributed by atoms with Crippen LogP contribution in [0.2, 0.25) is 0 Å². The first kappa shape index (κ1) is 15.0. The topological polar surface area (TPSA) is 29.3 Å². The third-order valence-corrected chi connectivity index (χ3v) is 4.06. The number of hydrogen-bond donors (Lipinski definition) is 1. The van der Waals surface area contributed by atoms with Crippen LogP contribution in [-0.2, 0) is 0 Å². The van der Waals surface area contributed by atoms with Crippen molar-refractivity contribution in [3.05, 3.63) is 0 Å². The van der Waals surface area contributed by atoms with Crippen LogP contribution in [-0.4, -0.2) is 31.1 Å². The van der Waals surface area contributed by atoms with Gasteiger partial charge in [0.15, 0.2) is 0 Å². The molecule has 0 radical (unpaired) electrons. The molecule has 1 atom stereocenters. The zero-order chi connectivity index (χ0) is 12.3. The number of likely N-dealkylation sites (tertiary alicyclic amines) is 1. The van der Waals surface area contributed by atoms with Crippen LogP contribution in [0.1, 0.15) is 64.7 Å². The molecule has 0 bridgehead atoms. The maximum absolute atomic E-state index is 5.68. The van der Waals surface area contributed by atoms with Crippen LogP contribution in [0.5, 0.6) is 0 Å². The van der Waals surface area contributed by atoms with Gasteiger partial charge in [0.25, 0.3) is 0 Å². The van der Waals surface area contributed by atoms with Gasteiger partial charge in [-0.25, -0.2) is 0 Å². The molecule has 1 unspecified atom stereocenters. The Kier molecular flexibility index (Phi) is 8.72. The first-order chi connectivity index (χ1) is 8.36. The number of rotatable bonds is 8. The monoisotopic (exact) mass is 240 g/mol. The molecule has 1 heterocycles. The standard InChI is InChI=1S/C15H32N2/c1-2-8-15(10-11-16)9-7-14-17-12-5-3-4-6-13-17/h15H,2-14,16H2,1H3. The Morgan fingerprint density at radius 1 is 1.00 bits per heavy atom. The van der Waals surface area contributed by atoms with Gasteiger partial charge in [-0.15, -0.1) is 0 Å². The average molecular weight is 240 g/mol. The van der Waals surface area contributed by atoms with E-state index in [2.05, 4.69) is 11.8 Å². The lowest BCUT2D eigenvalue weighted by Gasteiger charge is -2.21. The van der Waals surface area contributed by atoms with Crippen LogP contribution in [0.4, 0.5) is 0 Å². The van der Waals surface area contributed by atoms with Gasteiger partial charge in [-0.3, -0.25) is 0 Å². The van der Waals surface area contributed by atoms with Crippen LogP contribution in [0, 0.1) is 5.92 Å². The molecule has 1 saturated heterocycles. The summed E-state index contributed by atoms with van der Waals surface area (Å²) in [5, 5.41) is 0. The van der Waals surface area contributed by atoms with Crippen molar-refractivity contribution in [2.24, 2.45) is 11.7 Å². The summed E-state index contributed by atoms with van der Waals surface area (Å²) >= 11 is 0. The zero-order valence-corrected chi connectivity index (χ0v) is 11.8. The normalized spacial score (nSPS) is 20.1. The van der Waals surface area contributed by atoms with Crippen LogP contribution in [0.15, 0.2) is 0 Å². The van der Waals surface area contributed by atoms with Crippen LogP contribution >= 0.6 is 0 Å². The summed E-state index contributed by atoms with van der Waals surface area (Å²) in [6, 6.07) is 0. The van der Waals surface area contributed by atoms with Gasteiger partial charge in [-0.05, 0) is 64.2 Å². The molecule has 0 aliphatic carbocycles. The largest absolute Gasteiger partial charge is 0.330 e. The second-order valence-corrected chi connectivity index (χ2v) is 5.63. The summed E-state index contributed by atoms with van der Waals surface area (Å²) in [6.45, 7) is 7.17. The van der Waals surface area contributed by atoms with Crippen LogP contribution < -0.4 is 5.73 Å². The molecule has 0 aromatic carbocycles. The Balaban J connectivity index is 2.10. The minimum absolute atomic E-state index is 0.869.